The van der Waals surface area contributed by atoms with E-state index in [0.717, 1.165) is 12.8 Å². The van der Waals surface area contributed by atoms with Crippen molar-refractivity contribution in [2.45, 2.75) is 124 Å². The van der Waals surface area contributed by atoms with Crippen LogP contribution in [0.2, 0.25) is 0 Å². The Morgan fingerprint density at radius 2 is 1.11 bits per heavy atom. The first-order chi connectivity index (χ1) is 13.2. The van der Waals surface area contributed by atoms with E-state index < -0.39 is 0 Å². The first-order valence-electron chi connectivity index (χ1n) is 12.1. The molecule has 0 aliphatic rings. The highest BCUT2D eigenvalue weighted by Crippen LogP contribution is 2.10. The van der Waals surface area contributed by atoms with Gasteiger partial charge in [-0.15, -0.1) is 0 Å². The van der Waals surface area contributed by atoms with Crippen molar-refractivity contribution in [2.24, 2.45) is 0 Å². The molecule has 0 N–H and O–H groups in total. The van der Waals surface area contributed by atoms with Gasteiger partial charge in [-0.1, -0.05) is 91.4 Å². The molecule has 0 aromatic heterocycles. The summed E-state index contributed by atoms with van der Waals surface area (Å²) in [4.78, 5) is 14.3. The van der Waals surface area contributed by atoms with Crippen LogP contribution in [0.3, 0.4) is 0 Å². The van der Waals surface area contributed by atoms with Gasteiger partial charge >= 0.3 is 5.97 Å². The zero-order chi connectivity index (χ0) is 20.0. The molecule has 0 rings (SSSR count). The standard InChI is InChI=1S/C24H49NO2/c1-4-7-9-15-19-23-27-24(26)20-16-13-11-10-12-14-18-22-25(6-3)21-17-8-5-2/h4-23H2,1-3H3. The van der Waals surface area contributed by atoms with Gasteiger partial charge in [0.05, 0.1) is 6.61 Å². The number of carbonyl (C=O) groups excluding carboxylic acids is 1. The molecule has 0 saturated carbocycles. The summed E-state index contributed by atoms with van der Waals surface area (Å²) in [6.45, 7) is 11.1. The largest absolute Gasteiger partial charge is 0.466 e. The SMILES string of the molecule is CCCCCCCOC(=O)CCCCCCCCCN(CC)CCCCC. The summed E-state index contributed by atoms with van der Waals surface area (Å²) in [5.41, 5.74) is 0. The van der Waals surface area contributed by atoms with Crippen molar-refractivity contribution in [3.05, 3.63) is 0 Å². The third kappa shape index (κ3) is 20.0. The van der Waals surface area contributed by atoms with Gasteiger partial charge in [0, 0.05) is 6.42 Å². The topological polar surface area (TPSA) is 29.5 Å². The van der Waals surface area contributed by atoms with Crippen LogP contribution in [-0.2, 0) is 9.53 Å². The zero-order valence-electron chi connectivity index (χ0n) is 18.9. The van der Waals surface area contributed by atoms with Crippen LogP contribution < -0.4 is 0 Å². The lowest BCUT2D eigenvalue weighted by Gasteiger charge is -2.20. The Morgan fingerprint density at radius 3 is 1.74 bits per heavy atom. The minimum absolute atomic E-state index is 0.00761. The highest BCUT2D eigenvalue weighted by molar-refractivity contribution is 5.69. The number of carbonyl (C=O) groups is 1. The van der Waals surface area contributed by atoms with Crippen molar-refractivity contribution < 1.29 is 9.53 Å². The Hall–Kier alpha value is -0.570. The number of hydrogen-bond donors (Lipinski definition) is 0. The molecule has 0 amide bonds. The minimum Gasteiger partial charge on any atom is -0.466 e. The average Bonchev–Trinajstić information content (AvgIpc) is 2.68. The number of unbranched alkanes of at least 4 members (excludes halogenated alkanes) is 12. The van der Waals surface area contributed by atoms with Gasteiger partial charge in [-0.05, 0) is 45.3 Å². The molecule has 3 heteroatoms. The lowest BCUT2D eigenvalue weighted by atomic mass is 10.1. The van der Waals surface area contributed by atoms with Crippen LogP contribution >= 0.6 is 0 Å². The molecular weight excluding hydrogens is 334 g/mol. The fourth-order valence-corrected chi connectivity index (χ4v) is 3.47. The molecule has 0 heterocycles. The number of hydrogen-bond acceptors (Lipinski definition) is 3. The Balaban J connectivity index is 3.30. The number of rotatable bonds is 21. The van der Waals surface area contributed by atoms with Crippen molar-refractivity contribution in [3.8, 4) is 0 Å². The molecule has 27 heavy (non-hydrogen) atoms. The van der Waals surface area contributed by atoms with Crippen LogP contribution in [0.15, 0.2) is 0 Å². The van der Waals surface area contributed by atoms with E-state index in [1.54, 1.807) is 0 Å². The Bertz CT molecular complexity index is 307. The zero-order valence-corrected chi connectivity index (χ0v) is 18.9. The summed E-state index contributed by atoms with van der Waals surface area (Å²) in [5.74, 6) is 0.00761. The Morgan fingerprint density at radius 1 is 0.630 bits per heavy atom. The van der Waals surface area contributed by atoms with Gasteiger partial charge < -0.3 is 9.64 Å². The molecule has 0 saturated heterocycles. The highest BCUT2D eigenvalue weighted by atomic mass is 16.5. The Kier molecular flexibility index (Phi) is 21.3. The molecule has 0 atom stereocenters. The normalized spacial score (nSPS) is 11.3. The molecule has 0 bridgehead atoms. The molecule has 0 aliphatic heterocycles. The smallest absolute Gasteiger partial charge is 0.305 e. The van der Waals surface area contributed by atoms with Gasteiger partial charge in [0.2, 0.25) is 0 Å². The van der Waals surface area contributed by atoms with Gasteiger partial charge in [0.15, 0.2) is 0 Å². The lowest BCUT2D eigenvalue weighted by molar-refractivity contribution is -0.143. The van der Waals surface area contributed by atoms with E-state index in [4.69, 9.17) is 4.74 Å². The number of esters is 1. The molecule has 0 aromatic rings. The van der Waals surface area contributed by atoms with Crippen LogP contribution in [0.5, 0.6) is 0 Å². The maximum Gasteiger partial charge on any atom is 0.305 e. The second kappa shape index (κ2) is 21.7. The first kappa shape index (κ1) is 26.4. The quantitative estimate of drug-likeness (QED) is 0.156. The molecule has 0 unspecified atom stereocenters. The Labute approximate surface area is 170 Å². The summed E-state index contributed by atoms with van der Waals surface area (Å²) in [7, 11) is 0. The lowest BCUT2D eigenvalue weighted by Crippen LogP contribution is -2.25. The van der Waals surface area contributed by atoms with E-state index >= 15 is 0 Å². The number of ether oxygens (including phenoxy) is 1. The summed E-state index contributed by atoms with van der Waals surface area (Å²) >= 11 is 0. The van der Waals surface area contributed by atoms with Crippen LogP contribution in [0.1, 0.15) is 124 Å². The van der Waals surface area contributed by atoms with Crippen LogP contribution in [0.25, 0.3) is 0 Å². The van der Waals surface area contributed by atoms with Gasteiger partial charge in [-0.3, -0.25) is 4.79 Å². The summed E-state index contributed by atoms with van der Waals surface area (Å²) < 4.78 is 5.31. The van der Waals surface area contributed by atoms with Gasteiger partial charge in [-0.2, -0.15) is 0 Å². The van der Waals surface area contributed by atoms with E-state index in [0.29, 0.717) is 13.0 Å². The first-order valence-corrected chi connectivity index (χ1v) is 12.1. The van der Waals surface area contributed by atoms with Crippen molar-refractivity contribution >= 4 is 5.97 Å². The predicted molar refractivity (Wildman–Crippen MR) is 118 cm³/mol. The average molecular weight is 384 g/mol. The second-order valence-corrected chi connectivity index (χ2v) is 8.00. The minimum atomic E-state index is 0.00761. The third-order valence-corrected chi connectivity index (χ3v) is 5.39. The molecule has 0 aromatic carbocycles. The van der Waals surface area contributed by atoms with Crippen LogP contribution in [-0.4, -0.2) is 37.1 Å². The summed E-state index contributed by atoms with van der Waals surface area (Å²) in [6, 6.07) is 0. The number of nitrogens with zero attached hydrogens (tertiary/aromatic N) is 1. The van der Waals surface area contributed by atoms with E-state index in [-0.39, 0.29) is 5.97 Å². The molecule has 162 valence electrons. The molecule has 0 fully saturated rings. The second-order valence-electron chi connectivity index (χ2n) is 8.00. The maximum absolute atomic E-state index is 11.7. The fourth-order valence-electron chi connectivity index (χ4n) is 3.47. The monoisotopic (exact) mass is 383 g/mol. The van der Waals surface area contributed by atoms with Crippen LogP contribution in [0.4, 0.5) is 0 Å². The van der Waals surface area contributed by atoms with Gasteiger partial charge in [0.25, 0.3) is 0 Å². The van der Waals surface area contributed by atoms with E-state index in [1.165, 1.54) is 103 Å². The van der Waals surface area contributed by atoms with Gasteiger partial charge in [0.1, 0.15) is 0 Å². The predicted octanol–water partition coefficient (Wildman–Crippen LogP) is 7.13. The molecular formula is C24H49NO2. The van der Waals surface area contributed by atoms with Crippen molar-refractivity contribution in [3.63, 3.8) is 0 Å². The summed E-state index contributed by atoms with van der Waals surface area (Å²) in [6.07, 6.45) is 19.5. The van der Waals surface area contributed by atoms with Gasteiger partial charge in [-0.25, -0.2) is 0 Å². The van der Waals surface area contributed by atoms with E-state index in [9.17, 15) is 4.79 Å². The molecule has 3 nitrogen and oxygen atoms in total. The third-order valence-electron chi connectivity index (χ3n) is 5.39. The van der Waals surface area contributed by atoms with E-state index in [1.807, 2.05) is 0 Å². The maximum atomic E-state index is 11.7. The highest BCUT2D eigenvalue weighted by Gasteiger charge is 2.03. The van der Waals surface area contributed by atoms with E-state index in [2.05, 4.69) is 25.7 Å². The summed E-state index contributed by atoms with van der Waals surface area (Å²) in [5, 5.41) is 0. The molecule has 0 spiro atoms. The molecule has 0 radical (unpaired) electrons. The fraction of sp³-hybridized carbons (Fsp3) is 0.958. The van der Waals surface area contributed by atoms with Crippen molar-refractivity contribution in [1.29, 1.82) is 0 Å². The van der Waals surface area contributed by atoms with Crippen molar-refractivity contribution in [2.75, 3.05) is 26.2 Å². The molecule has 0 aliphatic carbocycles. The van der Waals surface area contributed by atoms with Crippen LogP contribution in [0, 0.1) is 0 Å². The van der Waals surface area contributed by atoms with Crippen molar-refractivity contribution in [1.82, 2.24) is 4.90 Å².